The lowest BCUT2D eigenvalue weighted by molar-refractivity contribution is 0.363. The molecule has 1 aliphatic rings. The first kappa shape index (κ1) is 12.2. The van der Waals surface area contributed by atoms with Crippen LogP contribution in [0.15, 0.2) is 27.7 Å². The fourth-order valence-electron chi connectivity index (χ4n) is 2.09. The van der Waals surface area contributed by atoms with Crippen LogP contribution >= 0.6 is 15.9 Å². The van der Waals surface area contributed by atoms with Crippen LogP contribution in [0.5, 0.6) is 5.75 Å². The third kappa shape index (κ3) is 2.24. The molecule has 0 amide bonds. The first-order valence-electron chi connectivity index (χ1n) is 5.57. The molecule has 2 N–H and O–H groups in total. The summed E-state index contributed by atoms with van der Waals surface area (Å²) in [6.07, 6.45) is 0. The molecule has 1 heterocycles. The summed E-state index contributed by atoms with van der Waals surface area (Å²) >= 11 is 3.50. The number of ether oxygens (including phenoxy) is 1. The molecule has 1 aliphatic heterocycles. The molecule has 0 aromatic heterocycles. The number of hydrogen-bond donors (Lipinski definition) is 1. The maximum atomic E-state index is 5.85. The third-order valence-corrected chi connectivity index (χ3v) is 3.62. The van der Waals surface area contributed by atoms with Crippen LogP contribution in [0.25, 0.3) is 0 Å². The second-order valence-electron chi connectivity index (χ2n) is 3.89. The Bertz CT molecular complexity index is 447. The van der Waals surface area contributed by atoms with Crippen molar-refractivity contribution in [2.75, 3.05) is 20.2 Å². The van der Waals surface area contributed by atoms with Gasteiger partial charge in [-0.1, -0.05) is 6.07 Å². The van der Waals surface area contributed by atoms with Gasteiger partial charge < -0.3 is 15.4 Å². The van der Waals surface area contributed by atoms with Crippen molar-refractivity contribution in [2.45, 2.75) is 13.0 Å². The molecule has 1 aromatic rings. The summed E-state index contributed by atoms with van der Waals surface area (Å²) in [4.78, 5) is 6.40. The minimum absolute atomic E-state index is 0.238. The van der Waals surface area contributed by atoms with Crippen LogP contribution in [0.2, 0.25) is 0 Å². The van der Waals surface area contributed by atoms with E-state index in [0.29, 0.717) is 5.96 Å². The van der Waals surface area contributed by atoms with Crippen LogP contribution in [0.4, 0.5) is 0 Å². The molecule has 17 heavy (non-hydrogen) atoms. The molecule has 0 aliphatic carbocycles. The largest absolute Gasteiger partial charge is 0.496 e. The van der Waals surface area contributed by atoms with Gasteiger partial charge in [0.1, 0.15) is 5.75 Å². The van der Waals surface area contributed by atoms with E-state index in [1.165, 1.54) is 5.56 Å². The van der Waals surface area contributed by atoms with Gasteiger partial charge in [-0.15, -0.1) is 0 Å². The Labute approximate surface area is 110 Å². The molecular weight excluding hydrogens is 282 g/mol. The zero-order valence-corrected chi connectivity index (χ0v) is 11.6. The third-order valence-electron chi connectivity index (χ3n) is 3.00. The zero-order valence-electron chi connectivity index (χ0n) is 9.98. The number of likely N-dealkylation sites (N-methyl/N-ethyl adjacent to an activating group) is 1. The molecule has 0 bridgehead atoms. The molecule has 2 rings (SSSR count). The quantitative estimate of drug-likeness (QED) is 0.930. The molecule has 4 nitrogen and oxygen atoms in total. The molecule has 0 radical (unpaired) electrons. The van der Waals surface area contributed by atoms with E-state index in [0.717, 1.165) is 23.3 Å². The van der Waals surface area contributed by atoms with Gasteiger partial charge in [-0.05, 0) is 40.5 Å². The molecular formula is C12H16BrN3O. The smallest absolute Gasteiger partial charge is 0.191 e. The summed E-state index contributed by atoms with van der Waals surface area (Å²) in [6.45, 7) is 3.67. The van der Waals surface area contributed by atoms with E-state index < -0.39 is 0 Å². The summed E-state index contributed by atoms with van der Waals surface area (Å²) in [7, 11) is 1.66. The summed E-state index contributed by atoms with van der Waals surface area (Å²) in [5.74, 6) is 1.47. The summed E-state index contributed by atoms with van der Waals surface area (Å²) < 4.78 is 6.18. The number of nitrogens with zero attached hydrogens (tertiary/aromatic N) is 2. The number of benzene rings is 1. The van der Waals surface area contributed by atoms with Crippen molar-refractivity contribution in [2.24, 2.45) is 10.7 Å². The van der Waals surface area contributed by atoms with Gasteiger partial charge in [-0.2, -0.15) is 0 Å². The van der Waals surface area contributed by atoms with E-state index in [1.54, 1.807) is 7.11 Å². The number of halogens is 1. The number of methoxy groups -OCH3 is 1. The van der Waals surface area contributed by atoms with Crippen molar-refractivity contribution < 1.29 is 4.74 Å². The first-order chi connectivity index (χ1) is 8.17. The minimum atomic E-state index is 0.238. The van der Waals surface area contributed by atoms with E-state index >= 15 is 0 Å². The van der Waals surface area contributed by atoms with E-state index in [-0.39, 0.29) is 6.04 Å². The lowest BCUT2D eigenvalue weighted by atomic mass is 10.1. The van der Waals surface area contributed by atoms with E-state index in [1.807, 2.05) is 6.07 Å². The molecule has 1 unspecified atom stereocenters. The summed E-state index contributed by atoms with van der Waals surface area (Å²) in [5.41, 5.74) is 7.05. The van der Waals surface area contributed by atoms with Crippen molar-refractivity contribution in [3.05, 3.63) is 28.2 Å². The monoisotopic (exact) mass is 297 g/mol. The fourth-order valence-corrected chi connectivity index (χ4v) is 2.65. The fraction of sp³-hybridized carbons (Fsp3) is 0.417. The van der Waals surface area contributed by atoms with E-state index in [2.05, 4.69) is 44.9 Å². The average Bonchev–Trinajstić information content (AvgIpc) is 2.70. The van der Waals surface area contributed by atoms with Gasteiger partial charge in [0.2, 0.25) is 0 Å². The highest BCUT2D eigenvalue weighted by Crippen LogP contribution is 2.31. The lowest BCUT2D eigenvalue weighted by Crippen LogP contribution is -2.35. The SMILES string of the molecule is CCN1C(N)=NCC1c1ccc(OC)c(Br)c1. The second-order valence-corrected chi connectivity index (χ2v) is 4.75. The Morgan fingerprint density at radius 2 is 2.35 bits per heavy atom. The van der Waals surface area contributed by atoms with Gasteiger partial charge in [0.05, 0.1) is 24.2 Å². The highest BCUT2D eigenvalue weighted by atomic mass is 79.9. The maximum Gasteiger partial charge on any atom is 0.191 e. The molecule has 0 spiro atoms. The Kier molecular flexibility index (Phi) is 3.57. The Balaban J connectivity index is 2.27. The predicted molar refractivity (Wildman–Crippen MR) is 72.3 cm³/mol. The van der Waals surface area contributed by atoms with Crippen LogP contribution in [0.3, 0.4) is 0 Å². The first-order valence-corrected chi connectivity index (χ1v) is 6.36. The summed E-state index contributed by atoms with van der Waals surface area (Å²) in [6, 6.07) is 6.33. The molecule has 5 heteroatoms. The van der Waals surface area contributed by atoms with Crippen LogP contribution in [-0.4, -0.2) is 31.1 Å². The molecule has 0 saturated heterocycles. The molecule has 1 aromatic carbocycles. The molecule has 0 saturated carbocycles. The predicted octanol–water partition coefficient (Wildman–Crippen LogP) is 2.15. The van der Waals surface area contributed by atoms with E-state index in [4.69, 9.17) is 10.5 Å². The molecule has 1 atom stereocenters. The topological polar surface area (TPSA) is 50.8 Å². The van der Waals surface area contributed by atoms with Gasteiger partial charge in [0.15, 0.2) is 5.96 Å². The Morgan fingerprint density at radius 3 is 2.94 bits per heavy atom. The highest BCUT2D eigenvalue weighted by molar-refractivity contribution is 9.10. The number of guanidine groups is 1. The van der Waals surface area contributed by atoms with Crippen LogP contribution < -0.4 is 10.5 Å². The van der Waals surface area contributed by atoms with Crippen LogP contribution in [0, 0.1) is 0 Å². The average molecular weight is 298 g/mol. The number of aliphatic imine (C=N–C) groups is 1. The number of nitrogens with two attached hydrogens (primary N) is 1. The van der Waals surface area contributed by atoms with Crippen molar-refractivity contribution in [1.82, 2.24) is 4.90 Å². The summed E-state index contributed by atoms with van der Waals surface area (Å²) in [5, 5.41) is 0. The Morgan fingerprint density at radius 1 is 1.59 bits per heavy atom. The highest BCUT2D eigenvalue weighted by Gasteiger charge is 2.26. The van der Waals surface area contributed by atoms with Gasteiger partial charge >= 0.3 is 0 Å². The number of rotatable bonds is 3. The van der Waals surface area contributed by atoms with Gasteiger partial charge in [-0.3, -0.25) is 4.99 Å². The lowest BCUT2D eigenvalue weighted by Gasteiger charge is -2.25. The van der Waals surface area contributed by atoms with E-state index in [9.17, 15) is 0 Å². The standard InChI is InChI=1S/C12H16BrN3O/c1-3-16-10(7-15-12(16)14)8-4-5-11(17-2)9(13)6-8/h4-6,10H,3,7H2,1-2H3,(H2,14,15). The zero-order chi connectivity index (χ0) is 12.4. The van der Waals surface area contributed by atoms with Crippen molar-refractivity contribution in [3.8, 4) is 5.75 Å². The van der Waals surface area contributed by atoms with Crippen molar-refractivity contribution >= 4 is 21.9 Å². The maximum absolute atomic E-state index is 5.85. The van der Waals surface area contributed by atoms with Crippen LogP contribution in [-0.2, 0) is 0 Å². The van der Waals surface area contributed by atoms with Gasteiger partial charge in [0, 0.05) is 6.54 Å². The molecule has 0 fully saturated rings. The molecule has 92 valence electrons. The van der Waals surface area contributed by atoms with Gasteiger partial charge in [0.25, 0.3) is 0 Å². The van der Waals surface area contributed by atoms with Crippen molar-refractivity contribution in [3.63, 3.8) is 0 Å². The Hall–Kier alpha value is -1.23. The van der Waals surface area contributed by atoms with Gasteiger partial charge in [-0.25, -0.2) is 0 Å². The second kappa shape index (κ2) is 4.96. The minimum Gasteiger partial charge on any atom is -0.496 e. The number of hydrogen-bond acceptors (Lipinski definition) is 4. The van der Waals surface area contributed by atoms with Crippen molar-refractivity contribution in [1.29, 1.82) is 0 Å². The van der Waals surface area contributed by atoms with Crippen LogP contribution in [0.1, 0.15) is 18.5 Å². The normalized spacial score (nSPS) is 19.4.